The summed E-state index contributed by atoms with van der Waals surface area (Å²) in [6, 6.07) is -0.225. The summed E-state index contributed by atoms with van der Waals surface area (Å²) >= 11 is 11.9. The van der Waals surface area contributed by atoms with Crippen molar-refractivity contribution in [1.29, 1.82) is 0 Å². The van der Waals surface area contributed by atoms with E-state index in [0.717, 1.165) is 0 Å². The van der Waals surface area contributed by atoms with E-state index >= 15 is 0 Å². The van der Waals surface area contributed by atoms with Crippen molar-refractivity contribution >= 4 is 29.3 Å². The van der Waals surface area contributed by atoms with Gasteiger partial charge in [-0.05, 0) is 27.2 Å². The van der Waals surface area contributed by atoms with Gasteiger partial charge in [-0.3, -0.25) is 4.90 Å². The molecule has 2 rings (SSSR count). The highest BCUT2D eigenvalue weighted by Crippen LogP contribution is 2.30. The Hall–Kier alpha value is -1.31. The molecular weight excluding hydrogens is 357 g/mol. The summed E-state index contributed by atoms with van der Waals surface area (Å²) in [5.41, 5.74) is -0.576. The van der Waals surface area contributed by atoms with E-state index in [-0.39, 0.29) is 34.8 Å². The zero-order chi connectivity index (χ0) is 17.9. The SMILES string of the molecule is CO[C@@H]1C[C@@H](COc2c(Cl)ncnc2Cl)N(C(=O)OC(C)(C)C)C1. The van der Waals surface area contributed by atoms with E-state index in [0.29, 0.717) is 13.0 Å². The quantitative estimate of drug-likeness (QED) is 0.750. The third-order valence-corrected chi connectivity index (χ3v) is 4.01. The molecule has 7 nitrogen and oxygen atoms in total. The fraction of sp³-hybridized carbons (Fsp3) is 0.667. The van der Waals surface area contributed by atoms with E-state index < -0.39 is 11.7 Å². The number of hydrogen-bond donors (Lipinski definition) is 0. The molecule has 0 N–H and O–H groups in total. The summed E-state index contributed by atoms with van der Waals surface area (Å²) in [5.74, 6) is 0.200. The van der Waals surface area contributed by atoms with Gasteiger partial charge in [-0.15, -0.1) is 0 Å². The second kappa shape index (κ2) is 7.72. The molecule has 1 aliphatic rings. The minimum atomic E-state index is -0.576. The van der Waals surface area contributed by atoms with Gasteiger partial charge >= 0.3 is 6.09 Å². The monoisotopic (exact) mass is 377 g/mol. The zero-order valence-electron chi connectivity index (χ0n) is 14.1. The third-order valence-electron chi connectivity index (χ3n) is 3.47. The predicted octanol–water partition coefficient (Wildman–Crippen LogP) is 3.19. The molecule has 134 valence electrons. The lowest BCUT2D eigenvalue weighted by molar-refractivity contribution is 0.0164. The van der Waals surface area contributed by atoms with Gasteiger partial charge in [0, 0.05) is 7.11 Å². The molecule has 0 spiro atoms. The number of aromatic nitrogens is 2. The van der Waals surface area contributed by atoms with Gasteiger partial charge in [0.15, 0.2) is 16.1 Å². The van der Waals surface area contributed by atoms with Crippen LogP contribution >= 0.6 is 23.2 Å². The average Bonchev–Trinajstić information content (AvgIpc) is 2.88. The van der Waals surface area contributed by atoms with Crippen LogP contribution in [0.4, 0.5) is 4.79 Å². The lowest BCUT2D eigenvalue weighted by atomic mass is 10.2. The second-order valence-electron chi connectivity index (χ2n) is 6.48. The molecule has 1 aromatic rings. The smallest absolute Gasteiger partial charge is 0.410 e. The Morgan fingerprint density at radius 3 is 2.50 bits per heavy atom. The first-order chi connectivity index (χ1) is 11.2. The fourth-order valence-electron chi connectivity index (χ4n) is 2.38. The molecule has 1 aliphatic heterocycles. The van der Waals surface area contributed by atoms with Crippen LogP contribution in [-0.2, 0) is 9.47 Å². The van der Waals surface area contributed by atoms with Gasteiger partial charge in [0.1, 0.15) is 18.5 Å². The van der Waals surface area contributed by atoms with Gasteiger partial charge in [-0.2, -0.15) is 0 Å². The molecule has 0 bridgehead atoms. The van der Waals surface area contributed by atoms with Gasteiger partial charge in [0.05, 0.1) is 18.7 Å². The first-order valence-electron chi connectivity index (χ1n) is 7.52. The molecule has 0 aliphatic carbocycles. The molecule has 1 amide bonds. The molecule has 1 saturated heterocycles. The number of carbonyl (C=O) groups is 1. The number of methoxy groups -OCH3 is 1. The van der Waals surface area contributed by atoms with Crippen LogP contribution in [0.25, 0.3) is 0 Å². The van der Waals surface area contributed by atoms with Crippen LogP contribution in [-0.4, -0.2) is 59.0 Å². The van der Waals surface area contributed by atoms with Crippen molar-refractivity contribution in [3.05, 3.63) is 16.6 Å². The largest absolute Gasteiger partial charge is 0.485 e. The topological polar surface area (TPSA) is 73.8 Å². The number of carbonyl (C=O) groups excluding carboxylic acids is 1. The van der Waals surface area contributed by atoms with Crippen LogP contribution in [0, 0.1) is 0 Å². The van der Waals surface area contributed by atoms with Crippen LogP contribution in [0.2, 0.25) is 10.3 Å². The van der Waals surface area contributed by atoms with Crippen molar-refractivity contribution in [1.82, 2.24) is 14.9 Å². The van der Waals surface area contributed by atoms with Crippen LogP contribution in [0.1, 0.15) is 27.2 Å². The highest BCUT2D eigenvalue weighted by molar-refractivity contribution is 6.35. The molecule has 9 heteroatoms. The molecule has 0 saturated carbocycles. The first-order valence-corrected chi connectivity index (χ1v) is 8.28. The van der Waals surface area contributed by atoms with E-state index in [1.54, 1.807) is 12.0 Å². The molecule has 24 heavy (non-hydrogen) atoms. The maximum absolute atomic E-state index is 12.4. The first kappa shape index (κ1) is 19.0. The van der Waals surface area contributed by atoms with Gasteiger partial charge in [-0.25, -0.2) is 14.8 Å². The van der Waals surface area contributed by atoms with Crippen molar-refractivity contribution in [2.45, 2.75) is 44.9 Å². The van der Waals surface area contributed by atoms with Gasteiger partial charge < -0.3 is 14.2 Å². The molecule has 1 aromatic heterocycles. The summed E-state index contributed by atoms with van der Waals surface area (Å²) in [6.45, 7) is 6.08. The lowest BCUT2D eigenvalue weighted by Crippen LogP contribution is -2.42. The van der Waals surface area contributed by atoms with Crippen molar-refractivity contribution in [3.8, 4) is 5.75 Å². The van der Waals surface area contributed by atoms with E-state index in [1.165, 1.54) is 6.33 Å². The number of ether oxygens (including phenoxy) is 3. The fourth-order valence-corrected chi connectivity index (χ4v) is 2.80. The number of nitrogens with zero attached hydrogens (tertiary/aromatic N) is 3. The maximum Gasteiger partial charge on any atom is 0.410 e. The Morgan fingerprint density at radius 2 is 1.96 bits per heavy atom. The molecule has 2 atom stereocenters. The summed E-state index contributed by atoms with van der Waals surface area (Å²) < 4.78 is 16.5. The summed E-state index contributed by atoms with van der Waals surface area (Å²) in [6.07, 6.45) is 1.39. The second-order valence-corrected chi connectivity index (χ2v) is 7.19. The minimum Gasteiger partial charge on any atom is -0.485 e. The highest BCUT2D eigenvalue weighted by Gasteiger charge is 2.38. The number of amides is 1. The summed E-state index contributed by atoms with van der Waals surface area (Å²) in [7, 11) is 1.61. The molecule has 0 radical (unpaired) electrons. The van der Waals surface area contributed by atoms with Crippen LogP contribution in [0.3, 0.4) is 0 Å². The normalized spacial score (nSPS) is 21.0. The Morgan fingerprint density at radius 1 is 1.33 bits per heavy atom. The average molecular weight is 378 g/mol. The number of halogens is 2. The summed E-state index contributed by atoms with van der Waals surface area (Å²) in [4.78, 5) is 21.7. The molecule has 1 fully saturated rings. The Kier molecular flexibility index (Phi) is 6.11. The van der Waals surface area contributed by atoms with Crippen molar-refractivity contribution in [3.63, 3.8) is 0 Å². The van der Waals surface area contributed by atoms with E-state index in [2.05, 4.69) is 9.97 Å². The van der Waals surface area contributed by atoms with E-state index in [9.17, 15) is 4.79 Å². The van der Waals surface area contributed by atoms with Crippen LogP contribution in [0.15, 0.2) is 6.33 Å². The molecule has 0 unspecified atom stereocenters. The Balaban J connectivity index is 2.07. The highest BCUT2D eigenvalue weighted by atomic mass is 35.5. The van der Waals surface area contributed by atoms with Gasteiger partial charge in [-0.1, -0.05) is 23.2 Å². The maximum atomic E-state index is 12.4. The number of hydrogen-bond acceptors (Lipinski definition) is 6. The zero-order valence-corrected chi connectivity index (χ0v) is 15.6. The predicted molar refractivity (Wildman–Crippen MR) is 89.7 cm³/mol. The van der Waals surface area contributed by atoms with Gasteiger partial charge in [0.25, 0.3) is 0 Å². The van der Waals surface area contributed by atoms with E-state index in [1.807, 2.05) is 20.8 Å². The van der Waals surface area contributed by atoms with Crippen molar-refractivity contribution < 1.29 is 19.0 Å². The van der Waals surface area contributed by atoms with Crippen molar-refractivity contribution in [2.75, 3.05) is 20.3 Å². The van der Waals surface area contributed by atoms with E-state index in [4.69, 9.17) is 37.4 Å². The molecule has 2 heterocycles. The molecular formula is C15H21Cl2N3O4. The Labute approximate surface area is 151 Å². The Bertz CT molecular complexity index is 574. The number of rotatable bonds is 4. The summed E-state index contributed by atoms with van der Waals surface area (Å²) in [5, 5.41) is 0.250. The van der Waals surface area contributed by atoms with Crippen molar-refractivity contribution in [2.24, 2.45) is 0 Å². The number of likely N-dealkylation sites (tertiary alicyclic amines) is 1. The van der Waals surface area contributed by atoms with Crippen LogP contribution < -0.4 is 4.74 Å². The van der Waals surface area contributed by atoms with Crippen LogP contribution in [0.5, 0.6) is 5.75 Å². The third kappa shape index (κ3) is 4.84. The molecule has 0 aromatic carbocycles. The van der Waals surface area contributed by atoms with Gasteiger partial charge in [0.2, 0.25) is 0 Å². The minimum absolute atomic E-state index is 0.0796. The standard InChI is InChI=1S/C15H21Cl2N3O4/c1-15(2,3)24-14(21)20-6-10(22-4)5-9(20)7-23-11-12(16)18-8-19-13(11)17/h8-10H,5-7H2,1-4H3/t9-,10+/m0/s1. The lowest BCUT2D eigenvalue weighted by Gasteiger charge is -2.28.